The van der Waals surface area contributed by atoms with Gasteiger partial charge < -0.3 is 9.47 Å². The average Bonchev–Trinajstić information content (AvgIpc) is 2.96. The summed E-state index contributed by atoms with van der Waals surface area (Å²) in [6.45, 7) is 1.63. The molecule has 1 amide bonds. The van der Waals surface area contributed by atoms with Crippen LogP contribution in [-0.2, 0) is 14.3 Å². The van der Waals surface area contributed by atoms with Crippen LogP contribution < -0.4 is 9.75 Å². The molecule has 0 saturated heterocycles. The highest BCUT2D eigenvalue weighted by molar-refractivity contribution is 9.10. The SMILES string of the molecule is COC(=O)COc1ccc(/C=C2\C(=O)N(c3ccccc3)N=C2C)cc1Br. The Kier molecular flexibility index (Phi) is 5.71. The number of ether oxygens (including phenoxy) is 2. The van der Waals surface area contributed by atoms with Gasteiger partial charge in [-0.3, -0.25) is 4.79 Å². The Hall–Kier alpha value is -2.93. The normalized spacial score (nSPS) is 15.1. The van der Waals surface area contributed by atoms with E-state index < -0.39 is 5.97 Å². The molecule has 138 valence electrons. The molecule has 0 atom stereocenters. The molecule has 0 radical (unpaired) electrons. The summed E-state index contributed by atoms with van der Waals surface area (Å²) in [5.74, 6) is -0.130. The molecule has 2 aromatic rings. The van der Waals surface area contributed by atoms with Crippen LogP contribution in [0.2, 0.25) is 0 Å². The first kappa shape index (κ1) is 18.8. The van der Waals surface area contributed by atoms with Crippen molar-refractivity contribution in [2.24, 2.45) is 5.10 Å². The molecule has 0 aromatic heterocycles. The van der Waals surface area contributed by atoms with Gasteiger partial charge in [-0.25, -0.2) is 4.79 Å². The monoisotopic (exact) mass is 428 g/mol. The Balaban J connectivity index is 1.80. The number of hydrogen-bond donors (Lipinski definition) is 0. The fraction of sp³-hybridized carbons (Fsp3) is 0.150. The third-order valence-electron chi connectivity index (χ3n) is 3.90. The minimum Gasteiger partial charge on any atom is -0.481 e. The molecule has 0 N–H and O–H groups in total. The van der Waals surface area contributed by atoms with E-state index >= 15 is 0 Å². The Morgan fingerprint density at radius 2 is 1.96 bits per heavy atom. The summed E-state index contributed by atoms with van der Waals surface area (Å²) in [6, 6.07) is 14.6. The van der Waals surface area contributed by atoms with Crippen LogP contribution in [0.5, 0.6) is 5.75 Å². The molecule has 6 nitrogen and oxygen atoms in total. The summed E-state index contributed by atoms with van der Waals surface area (Å²) < 4.78 is 10.6. The van der Waals surface area contributed by atoms with Gasteiger partial charge in [0.05, 0.1) is 28.6 Å². The van der Waals surface area contributed by atoms with Crippen LogP contribution >= 0.6 is 15.9 Å². The van der Waals surface area contributed by atoms with Crippen molar-refractivity contribution >= 4 is 45.3 Å². The molecule has 7 heteroatoms. The second kappa shape index (κ2) is 8.18. The number of esters is 1. The number of hydrogen-bond acceptors (Lipinski definition) is 5. The average molecular weight is 429 g/mol. The molecule has 1 heterocycles. The number of rotatable bonds is 5. The van der Waals surface area contributed by atoms with E-state index in [1.165, 1.54) is 12.1 Å². The van der Waals surface area contributed by atoms with E-state index in [2.05, 4.69) is 25.8 Å². The van der Waals surface area contributed by atoms with Crippen LogP contribution in [0.15, 0.2) is 63.7 Å². The highest BCUT2D eigenvalue weighted by Crippen LogP contribution is 2.29. The van der Waals surface area contributed by atoms with Gasteiger partial charge in [0.15, 0.2) is 6.61 Å². The van der Waals surface area contributed by atoms with Gasteiger partial charge in [-0.2, -0.15) is 10.1 Å². The molecular weight excluding hydrogens is 412 g/mol. The number of carbonyl (C=O) groups is 2. The Morgan fingerprint density at radius 3 is 2.63 bits per heavy atom. The lowest BCUT2D eigenvalue weighted by Gasteiger charge is -2.11. The van der Waals surface area contributed by atoms with E-state index in [0.717, 1.165) is 11.3 Å². The second-order valence-electron chi connectivity index (χ2n) is 5.75. The van der Waals surface area contributed by atoms with Gasteiger partial charge in [-0.1, -0.05) is 24.3 Å². The van der Waals surface area contributed by atoms with Gasteiger partial charge in [0, 0.05) is 0 Å². The number of para-hydroxylation sites is 1. The molecule has 27 heavy (non-hydrogen) atoms. The van der Waals surface area contributed by atoms with Crippen LogP contribution in [0.3, 0.4) is 0 Å². The summed E-state index contributed by atoms with van der Waals surface area (Å²) in [5.41, 5.74) is 2.69. The van der Waals surface area contributed by atoms with E-state index in [4.69, 9.17) is 4.74 Å². The van der Waals surface area contributed by atoms with Gasteiger partial charge in [0.1, 0.15) is 5.75 Å². The molecule has 1 aliphatic heterocycles. The first-order valence-electron chi connectivity index (χ1n) is 8.15. The van der Waals surface area contributed by atoms with Crippen molar-refractivity contribution in [1.29, 1.82) is 0 Å². The smallest absolute Gasteiger partial charge is 0.343 e. The standard InChI is InChI=1S/C20H17BrN2O4/c1-13-16(20(25)23(22-13)15-6-4-3-5-7-15)10-14-8-9-18(17(21)11-14)27-12-19(24)26-2/h3-11H,12H2,1-2H3/b16-10-. The van der Waals surface area contributed by atoms with E-state index in [-0.39, 0.29) is 12.5 Å². The third kappa shape index (κ3) is 4.25. The second-order valence-corrected chi connectivity index (χ2v) is 6.60. The lowest BCUT2D eigenvalue weighted by atomic mass is 10.1. The summed E-state index contributed by atoms with van der Waals surface area (Å²) in [7, 11) is 1.30. The van der Waals surface area contributed by atoms with Gasteiger partial charge in [-0.05, 0) is 58.8 Å². The van der Waals surface area contributed by atoms with Crippen molar-refractivity contribution in [3.8, 4) is 5.75 Å². The van der Waals surface area contributed by atoms with Gasteiger partial charge in [0.25, 0.3) is 5.91 Å². The zero-order valence-corrected chi connectivity index (χ0v) is 16.4. The molecule has 0 saturated carbocycles. The van der Waals surface area contributed by atoms with Crippen molar-refractivity contribution in [2.45, 2.75) is 6.92 Å². The zero-order chi connectivity index (χ0) is 19.4. The summed E-state index contributed by atoms with van der Waals surface area (Å²) >= 11 is 3.42. The lowest BCUT2D eigenvalue weighted by molar-refractivity contribution is -0.142. The summed E-state index contributed by atoms with van der Waals surface area (Å²) in [4.78, 5) is 23.9. The molecule has 0 bridgehead atoms. The number of nitrogens with zero attached hydrogens (tertiary/aromatic N) is 2. The molecule has 3 rings (SSSR count). The maximum absolute atomic E-state index is 12.7. The molecule has 0 aliphatic carbocycles. The van der Waals surface area contributed by atoms with Crippen LogP contribution in [0.25, 0.3) is 6.08 Å². The van der Waals surface area contributed by atoms with E-state index in [1.807, 2.05) is 36.4 Å². The molecule has 0 unspecified atom stereocenters. The van der Waals surface area contributed by atoms with Crippen LogP contribution in [-0.4, -0.2) is 31.3 Å². The minimum absolute atomic E-state index is 0.175. The van der Waals surface area contributed by atoms with Gasteiger partial charge in [-0.15, -0.1) is 0 Å². The maximum atomic E-state index is 12.7. The van der Waals surface area contributed by atoms with E-state index in [9.17, 15) is 9.59 Å². The zero-order valence-electron chi connectivity index (χ0n) is 14.8. The Bertz CT molecular complexity index is 938. The fourth-order valence-corrected chi connectivity index (χ4v) is 3.03. The fourth-order valence-electron chi connectivity index (χ4n) is 2.51. The van der Waals surface area contributed by atoms with Crippen LogP contribution in [0, 0.1) is 0 Å². The number of anilines is 1. The summed E-state index contributed by atoms with van der Waals surface area (Å²) in [5, 5.41) is 5.75. The predicted octanol–water partition coefficient (Wildman–Crippen LogP) is 3.81. The van der Waals surface area contributed by atoms with Gasteiger partial charge >= 0.3 is 5.97 Å². The Labute approximate surface area is 165 Å². The largest absolute Gasteiger partial charge is 0.481 e. The lowest BCUT2D eigenvalue weighted by Crippen LogP contribution is -2.21. The summed E-state index contributed by atoms with van der Waals surface area (Å²) in [6.07, 6.45) is 1.78. The molecule has 0 fully saturated rings. The topological polar surface area (TPSA) is 68.2 Å². The first-order valence-corrected chi connectivity index (χ1v) is 8.95. The predicted molar refractivity (Wildman–Crippen MR) is 107 cm³/mol. The van der Waals surface area contributed by atoms with Crippen molar-refractivity contribution in [3.63, 3.8) is 0 Å². The number of methoxy groups -OCH3 is 1. The third-order valence-corrected chi connectivity index (χ3v) is 4.52. The number of hydrazone groups is 1. The Morgan fingerprint density at radius 1 is 1.22 bits per heavy atom. The molecule has 0 spiro atoms. The number of benzene rings is 2. The number of carbonyl (C=O) groups excluding carboxylic acids is 2. The molecule has 2 aromatic carbocycles. The first-order chi connectivity index (χ1) is 13.0. The van der Waals surface area contributed by atoms with Crippen LogP contribution in [0.1, 0.15) is 12.5 Å². The van der Waals surface area contributed by atoms with Gasteiger partial charge in [0.2, 0.25) is 0 Å². The highest BCUT2D eigenvalue weighted by atomic mass is 79.9. The van der Waals surface area contributed by atoms with E-state index in [0.29, 0.717) is 21.5 Å². The molecular formula is C20H17BrN2O4. The van der Waals surface area contributed by atoms with Crippen molar-refractivity contribution in [1.82, 2.24) is 0 Å². The minimum atomic E-state index is -0.461. The van der Waals surface area contributed by atoms with Crippen LogP contribution in [0.4, 0.5) is 5.69 Å². The van der Waals surface area contributed by atoms with E-state index in [1.54, 1.807) is 25.1 Å². The number of halogens is 1. The highest BCUT2D eigenvalue weighted by Gasteiger charge is 2.28. The maximum Gasteiger partial charge on any atom is 0.343 e. The number of amides is 1. The quantitative estimate of drug-likeness (QED) is 0.536. The van der Waals surface area contributed by atoms with Crippen molar-refractivity contribution in [2.75, 3.05) is 18.7 Å². The molecule has 1 aliphatic rings. The van der Waals surface area contributed by atoms with Crippen molar-refractivity contribution in [3.05, 3.63) is 64.1 Å². The van der Waals surface area contributed by atoms with Crippen molar-refractivity contribution < 1.29 is 19.1 Å².